The Morgan fingerprint density at radius 1 is 1.15 bits per heavy atom. The molecule has 0 atom stereocenters. The molecule has 4 heteroatoms. The molecule has 0 unspecified atom stereocenters. The second kappa shape index (κ2) is 6.86. The average Bonchev–Trinajstić information content (AvgIpc) is 3.12. The second-order valence-electron chi connectivity index (χ2n) is 5.14. The maximum atomic E-state index is 5.74. The summed E-state index contributed by atoms with van der Waals surface area (Å²) in [6.07, 6.45) is 3.55. The van der Waals surface area contributed by atoms with Crippen LogP contribution in [0.1, 0.15) is 23.4 Å². The van der Waals surface area contributed by atoms with Crippen LogP contribution in [-0.2, 0) is 6.42 Å². The highest BCUT2D eigenvalue weighted by Gasteiger charge is 2.11. The van der Waals surface area contributed by atoms with Crippen molar-refractivity contribution in [2.75, 3.05) is 26.2 Å². The van der Waals surface area contributed by atoms with Crippen molar-refractivity contribution in [1.82, 2.24) is 9.88 Å². The van der Waals surface area contributed by atoms with Crippen LogP contribution in [0.5, 0.6) is 5.88 Å². The first-order chi connectivity index (χ1) is 9.90. The van der Waals surface area contributed by atoms with Crippen molar-refractivity contribution in [1.29, 1.82) is 0 Å². The fraction of sp³-hybridized carbons (Fsp3) is 0.438. The van der Waals surface area contributed by atoms with Crippen LogP contribution in [0, 0.1) is 0 Å². The molecule has 1 saturated heterocycles. The Bertz CT molecular complexity index is 520. The molecule has 0 radical (unpaired) electrons. The van der Waals surface area contributed by atoms with E-state index in [-0.39, 0.29) is 0 Å². The van der Waals surface area contributed by atoms with Crippen molar-refractivity contribution in [2.24, 2.45) is 0 Å². The third kappa shape index (κ3) is 3.81. The Morgan fingerprint density at radius 2 is 1.95 bits per heavy atom. The molecule has 2 heterocycles. The molecule has 1 aliphatic heterocycles. The molecule has 0 N–H and O–H groups in total. The van der Waals surface area contributed by atoms with Crippen LogP contribution in [0.15, 0.2) is 35.7 Å². The molecule has 0 aliphatic carbocycles. The molecule has 1 fully saturated rings. The summed E-state index contributed by atoms with van der Waals surface area (Å²) in [4.78, 5) is 7.00. The van der Waals surface area contributed by atoms with Gasteiger partial charge < -0.3 is 4.74 Å². The van der Waals surface area contributed by atoms with E-state index in [0.717, 1.165) is 30.5 Å². The zero-order chi connectivity index (χ0) is 13.6. The average molecular weight is 288 g/mol. The van der Waals surface area contributed by atoms with Gasteiger partial charge in [-0.15, -0.1) is 11.3 Å². The Hall–Kier alpha value is -1.39. The SMILES string of the molecule is c1ccc(Cc2nc(OCCN3CCCC3)cs2)cc1. The predicted octanol–water partition coefficient (Wildman–Crippen LogP) is 3.21. The molecule has 106 valence electrons. The van der Waals surface area contributed by atoms with E-state index in [2.05, 4.69) is 34.1 Å². The minimum Gasteiger partial charge on any atom is -0.476 e. The molecule has 0 saturated carbocycles. The maximum absolute atomic E-state index is 5.74. The van der Waals surface area contributed by atoms with E-state index < -0.39 is 0 Å². The number of hydrogen-bond donors (Lipinski definition) is 0. The van der Waals surface area contributed by atoms with Crippen molar-refractivity contribution in [3.8, 4) is 5.88 Å². The summed E-state index contributed by atoms with van der Waals surface area (Å²) in [5, 5.41) is 3.13. The van der Waals surface area contributed by atoms with Crippen LogP contribution < -0.4 is 4.74 Å². The summed E-state index contributed by atoms with van der Waals surface area (Å²) in [6, 6.07) is 10.4. The Morgan fingerprint density at radius 3 is 2.75 bits per heavy atom. The topological polar surface area (TPSA) is 25.4 Å². The number of rotatable bonds is 6. The van der Waals surface area contributed by atoms with Crippen molar-refractivity contribution in [3.63, 3.8) is 0 Å². The van der Waals surface area contributed by atoms with Gasteiger partial charge in [-0.25, -0.2) is 4.98 Å². The molecular weight excluding hydrogens is 268 g/mol. The van der Waals surface area contributed by atoms with Gasteiger partial charge in [-0.1, -0.05) is 30.3 Å². The van der Waals surface area contributed by atoms with Gasteiger partial charge in [-0.05, 0) is 31.5 Å². The van der Waals surface area contributed by atoms with E-state index in [9.17, 15) is 0 Å². The van der Waals surface area contributed by atoms with Crippen LogP contribution >= 0.6 is 11.3 Å². The van der Waals surface area contributed by atoms with Crippen molar-refractivity contribution in [2.45, 2.75) is 19.3 Å². The van der Waals surface area contributed by atoms with Crippen molar-refractivity contribution >= 4 is 11.3 Å². The zero-order valence-electron chi connectivity index (χ0n) is 11.6. The van der Waals surface area contributed by atoms with E-state index >= 15 is 0 Å². The summed E-state index contributed by atoms with van der Waals surface area (Å²) in [5.74, 6) is 0.778. The normalized spacial score (nSPS) is 15.6. The monoisotopic (exact) mass is 288 g/mol. The van der Waals surface area contributed by atoms with Gasteiger partial charge in [0.05, 0.1) is 5.38 Å². The van der Waals surface area contributed by atoms with Crippen molar-refractivity contribution in [3.05, 3.63) is 46.3 Å². The number of likely N-dealkylation sites (tertiary alicyclic amines) is 1. The van der Waals surface area contributed by atoms with Crippen LogP contribution in [-0.4, -0.2) is 36.1 Å². The maximum Gasteiger partial charge on any atom is 0.224 e. The molecule has 0 spiro atoms. The Kier molecular flexibility index (Phi) is 4.66. The Balaban J connectivity index is 1.46. The number of ether oxygens (including phenoxy) is 1. The van der Waals surface area contributed by atoms with Crippen LogP contribution in [0.4, 0.5) is 0 Å². The van der Waals surface area contributed by atoms with E-state index in [1.807, 2.05) is 11.4 Å². The quantitative estimate of drug-likeness (QED) is 0.816. The van der Waals surface area contributed by atoms with E-state index in [4.69, 9.17) is 4.74 Å². The summed E-state index contributed by atoms with van der Waals surface area (Å²) >= 11 is 1.68. The Labute approximate surface area is 124 Å². The van der Waals surface area contributed by atoms with Gasteiger partial charge in [-0.2, -0.15) is 0 Å². The molecule has 20 heavy (non-hydrogen) atoms. The second-order valence-corrected chi connectivity index (χ2v) is 6.08. The first kappa shape index (κ1) is 13.6. The van der Waals surface area contributed by atoms with E-state index in [1.165, 1.54) is 31.5 Å². The molecule has 0 bridgehead atoms. The molecule has 0 amide bonds. The summed E-state index contributed by atoms with van der Waals surface area (Å²) in [7, 11) is 0. The molecule has 1 aromatic carbocycles. The third-order valence-electron chi connectivity index (χ3n) is 3.58. The fourth-order valence-corrected chi connectivity index (χ4v) is 3.25. The summed E-state index contributed by atoms with van der Waals surface area (Å²) in [5.41, 5.74) is 1.30. The summed E-state index contributed by atoms with van der Waals surface area (Å²) in [6.45, 7) is 4.21. The van der Waals surface area contributed by atoms with Crippen molar-refractivity contribution < 1.29 is 4.74 Å². The molecule has 1 aliphatic rings. The highest BCUT2D eigenvalue weighted by molar-refractivity contribution is 7.09. The number of aromatic nitrogens is 1. The molecule has 3 rings (SSSR count). The largest absolute Gasteiger partial charge is 0.476 e. The lowest BCUT2D eigenvalue weighted by atomic mass is 10.2. The van der Waals surface area contributed by atoms with Gasteiger partial charge in [0.15, 0.2) is 0 Å². The minimum absolute atomic E-state index is 0.745. The van der Waals surface area contributed by atoms with Gasteiger partial charge in [0.25, 0.3) is 0 Å². The van der Waals surface area contributed by atoms with Gasteiger partial charge >= 0.3 is 0 Å². The number of thiazole rings is 1. The fourth-order valence-electron chi connectivity index (χ4n) is 2.50. The van der Waals surface area contributed by atoms with Gasteiger partial charge in [0, 0.05) is 13.0 Å². The molecular formula is C16H20N2OS. The summed E-state index contributed by atoms with van der Waals surface area (Å²) < 4.78 is 5.74. The minimum atomic E-state index is 0.745. The third-order valence-corrected chi connectivity index (χ3v) is 4.41. The number of nitrogens with zero attached hydrogens (tertiary/aromatic N) is 2. The van der Waals surface area contributed by atoms with Crippen LogP contribution in [0.25, 0.3) is 0 Å². The lowest BCUT2D eigenvalue weighted by molar-refractivity contribution is 0.232. The van der Waals surface area contributed by atoms with Crippen LogP contribution in [0.2, 0.25) is 0 Å². The van der Waals surface area contributed by atoms with E-state index in [1.54, 1.807) is 11.3 Å². The smallest absolute Gasteiger partial charge is 0.224 e. The lowest BCUT2D eigenvalue weighted by Gasteiger charge is -2.13. The number of benzene rings is 1. The van der Waals surface area contributed by atoms with Crippen LogP contribution in [0.3, 0.4) is 0 Å². The highest BCUT2D eigenvalue weighted by atomic mass is 32.1. The lowest BCUT2D eigenvalue weighted by Crippen LogP contribution is -2.25. The van der Waals surface area contributed by atoms with E-state index in [0.29, 0.717) is 0 Å². The zero-order valence-corrected chi connectivity index (χ0v) is 12.4. The van der Waals surface area contributed by atoms with Gasteiger partial charge in [0.2, 0.25) is 5.88 Å². The molecule has 3 nitrogen and oxygen atoms in total. The van der Waals surface area contributed by atoms with Gasteiger partial charge in [-0.3, -0.25) is 4.90 Å². The first-order valence-corrected chi connectivity index (χ1v) is 8.11. The molecule has 1 aromatic heterocycles. The predicted molar refractivity (Wildman–Crippen MR) is 82.5 cm³/mol. The first-order valence-electron chi connectivity index (χ1n) is 7.23. The number of hydrogen-bond acceptors (Lipinski definition) is 4. The standard InChI is InChI=1S/C16H20N2OS/c1-2-6-14(7-3-1)12-16-17-15(13-20-16)19-11-10-18-8-4-5-9-18/h1-3,6-7,13H,4-5,8-12H2. The highest BCUT2D eigenvalue weighted by Crippen LogP contribution is 2.19. The molecule has 2 aromatic rings. The van der Waals surface area contributed by atoms with Gasteiger partial charge in [0.1, 0.15) is 11.6 Å².